The molecule has 2 amide bonds. The Morgan fingerprint density at radius 2 is 1.64 bits per heavy atom. The summed E-state index contributed by atoms with van der Waals surface area (Å²) in [5, 5.41) is 7.58. The van der Waals surface area contributed by atoms with Gasteiger partial charge in [0.1, 0.15) is 11.8 Å². The van der Waals surface area contributed by atoms with Crippen LogP contribution in [0.3, 0.4) is 0 Å². The molecule has 2 aliphatic carbocycles. The van der Waals surface area contributed by atoms with Gasteiger partial charge in [-0.1, -0.05) is 87.8 Å². The van der Waals surface area contributed by atoms with Crippen molar-refractivity contribution in [3.63, 3.8) is 0 Å². The molecule has 1 aromatic heterocycles. The molecule has 3 aliphatic rings. The zero-order chi connectivity index (χ0) is 32.6. The van der Waals surface area contributed by atoms with Crippen LogP contribution in [0, 0.1) is 5.92 Å². The summed E-state index contributed by atoms with van der Waals surface area (Å²) in [6.07, 6.45) is 13.2. The maximum atomic E-state index is 14.5. The van der Waals surface area contributed by atoms with E-state index in [1.807, 2.05) is 47.8 Å². The molecule has 0 unspecified atom stereocenters. The molecule has 2 atom stereocenters. The number of Topliss-reactive ketones (excluding diaryl/α,β-unsaturated/α-hetero) is 1. The van der Waals surface area contributed by atoms with E-state index < -0.39 is 12.1 Å². The number of nitrogens with one attached hydrogen (secondary N) is 1. The molecule has 252 valence electrons. The van der Waals surface area contributed by atoms with Gasteiger partial charge >= 0.3 is 6.09 Å². The van der Waals surface area contributed by atoms with E-state index in [-0.39, 0.29) is 24.3 Å². The first-order valence-corrected chi connectivity index (χ1v) is 18.7. The van der Waals surface area contributed by atoms with Crippen LogP contribution in [0.2, 0.25) is 0 Å². The van der Waals surface area contributed by atoms with E-state index in [0.29, 0.717) is 50.2 Å². The lowest BCUT2D eigenvalue weighted by atomic mass is 9.83. The van der Waals surface area contributed by atoms with Crippen LogP contribution < -0.4 is 15.8 Å². The average Bonchev–Trinajstić information content (AvgIpc) is 3.65. The lowest BCUT2D eigenvalue weighted by Gasteiger charge is -2.42. The Bertz CT molecular complexity index is 1480. The quantitative estimate of drug-likeness (QED) is 0.234. The Labute approximate surface area is 283 Å². The van der Waals surface area contributed by atoms with E-state index in [2.05, 4.69) is 5.32 Å². The van der Waals surface area contributed by atoms with Crippen LogP contribution in [-0.2, 0) is 22.6 Å². The highest BCUT2D eigenvalue weighted by atomic mass is 32.1. The molecule has 3 aromatic rings. The summed E-state index contributed by atoms with van der Waals surface area (Å²) in [4.78, 5) is 46.7. The van der Waals surface area contributed by atoms with Crippen LogP contribution in [0.1, 0.15) is 87.5 Å². The number of fused-ring (bicyclic) bond motifs is 1. The Kier molecular flexibility index (Phi) is 11.6. The zero-order valence-corrected chi connectivity index (χ0v) is 28.4. The lowest BCUT2D eigenvalue weighted by molar-refractivity contribution is -0.145. The molecule has 0 bridgehead atoms. The zero-order valence-electron chi connectivity index (χ0n) is 27.5. The standard InChI is InChI=1S/C38H50N4O4S/c39-25-28-17-20-36(32-16-8-7-15-31(28)32)46-38(45)41-21-22-42(34(26-41)35(43)19-18-30-14-9-23-47-30)37(44)33(24-27-10-3-1-4-11-27)40-29-12-5-2-6-13-29/h7-9,14-17,20,23,27,29,33-34,40H,1-6,10-13,18-19,21-22,24-26,39H2/t33-,34+/m1/s1. The predicted octanol–water partition coefficient (Wildman–Crippen LogP) is 6.83. The highest BCUT2D eigenvalue weighted by molar-refractivity contribution is 7.09. The molecular weight excluding hydrogens is 609 g/mol. The Morgan fingerprint density at radius 1 is 0.894 bits per heavy atom. The fraction of sp³-hybridized carbons (Fsp3) is 0.553. The van der Waals surface area contributed by atoms with Gasteiger partial charge in [-0.3, -0.25) is 9.59 Å². The second kappa shape index (κ2) is 16.2. The topological polar surface area (TPSA) is 105 Å². The van der Waals surface area contributed by atoms with Gasteiger partial charge in [0.05, 0.1) is 12.6 Å². The number of amides is 2. The molecular formula is C38H50N4O4S. The molecule has 2 saturated carbocycles. The van der Waals surface area contributed by atoms with Gasteiger partial charge in [-0.2, -0.15) is 0 Å². The van der Waals surface area contributed by atoms with Crippen molar-refractivity contribution in [2.24, 2.45) is 11.7 Å². The summed E-state index contributed by atoms with van der Waals surface area (Å²) < 4.78 is 5.98. The number of ketones is 1. The van der Waals surface area contributed by atoms with E-state index in [9.17, 15) is 14.4 Å². The molecule has 1 aliphatic heterocycles. The van der Waals surface area contributed by atoms with Gasteiger partial charge in [0.2, 0.25) is 5.91 Å². The first-order valence-electron chi connectivity index (χ1n) is 17.8. The number of rotatable bonds is 11. The van der Waals surface area contributed by atoms with E-state index in [4.69, 9.17) is 10.5 Å². The molecule has 3 N–H and O–H groups in total. The number of benzene rings is 2. The Hall–Kier alpha value is -3.27. The largest absolute Gasteiger partial charge is 0.415 e. The minimum Gasteiger partial charge on any atom is -0.410 e. The third-order valence-electron chi connectivity index (χ3n) is 10.5. The summed E-state index contributed by atoms with van der Waals surface area (Å²) in [6, 6.07) is 14.8. The number of carbonyl (C=O) groups excluding carboxylic acids is 3. The predicted molar refractivity (Wildman–Crippen MR) is 188 cm³/mol. The van der Waals surface area contributed by atoms with Crippen LogP contribution in [0.25, 0.3) is 10.8 Å². The van der Waals surface area contributed by atoms with Gasteiger partial charge in [-0.05, 0) is 60.1 Å². The average molecular weight is 659 g/mol. The molecule has 2 heterocycles. The van der Waals surface area contributed by atoms with Crippen molar-refractivity contribution in [1.29, 1.82) is 0 Å². The lowest BCUT2D eigenvalue weighted by Crippen LogP contribution is -2.63. The number of carbonyl (C=O) groups is 3. The molecule has 8 nitrogen and oxygen atoms in total. The van der Waals surface area contributed by atoms with Crippen molar-refractivity contribution >= 4 is 39.9 Å². The summed E-state index contributed by atoms with van der Waals surface area (Å²) in [6.45, 7) is 1.14. The SMILES string of the molecule is NCc1ccc(OC(=O)N2CCN(C(=O)[C@@H](CC3CCCCC3)NC3CCCCC3)[C@H](C(=O)CCc3cccs3)C2)c2ccccc12. The summed E-state index contributed by atoms with van der Waals surface area (Å²) in [7, 11) is 0. The van der Waals surface area contributed by atoms with Gasteiger partial charge in [-0.25, -0.2) is 4.79 Å². The number of hydrogen-bond donors (Lipinski definition) is 2. The van der Waals surface area contributed by atoms with E-state index >= 15 is 0 Å². The number of hydrogen-bond acceptors (Lipinski definition) is 7. The minimum atomic E-state index is -0.706. The molecule has 2 aromatic carbocycles. The van der Waals surface area contributed by atoms with Crippen molar-refractivity contribution in [2.75, 3.05) is 19.6 Å². The smallest absolute Gasteiger partial charge is 0.410 e. The molecule has 1 saturated heterocycles. The second-order valence-electron chi connectivity index (χ2n) is 13.7. The number of ether oxygens (including phenoxy) is 1. The maximum absolute atomic E-state index is 14.5. The van der Waals surface area contributed by atoms with Crippen LogP contribution in [0.4, 0.5) is 4.79 Å². The number of aryl methyl sites for hydroxylation is 1. The van der Waals surface area contributed by atoms with Crippen LogP contribution in [0.5, 0.6) is 5.75 Å². The molecule has 6 rings (SSSR count). The molecule has 47 heavy (non-hydrogen) atoms. The fourth-order valence-electron chi connectivity index (χ4n) is 7.87. The summed E-state index contributed by atoms with van der Waals surface area (Å²) >= 11 is 1.64. The highest BCUT2D eigenvalue weighted by Crippen LogP contribution is 2.31. The van der Waals surface area contributed by atoms with E-state index in [0.717, 1.165) is 40.5 Å². The van der Waals surface area contributed by atoms with Gasteiger partial charge in [0, 0.05) is 42.4 Å². The van der Waals surface area contributed by atoms with Crippen molar-refractivity contribution in [2.45, 2.75) is 108 Å². The monoisotopic (exact) mass is 658 g/mol. The minimum absolute atomic E-state index is 0.00363. The Balaban J connectivity index is 1.21. The van der Waals surface area contributed by atoms with Crippen LogP contribution in [-0.4, -0.2) is 65.3 Å². The summed E-state index contributed by atoms with van der Waals surface area (Å²) in [5.74, 6) is 1.01. The van der Waals surface area contributed by atoms with Crippen molar-refractivity contribution in [3.8, 4) is 5.75 Å². The van der Waals surface area contributed by atoms with Gasteiger partial charge in [0.25, 0.3) is 0 Å². The van der Waals surface area contributed by atoms with Crippen molar-refractivity contribution in [1.82, 2.24) is 15.1 Å². The molecule has 3 fully saturated rings. The highest BCUT2D eigenvalue weighted by Gasteiger charge is 2.40. The third kappa shape index (κ3) is 8.42. The third-order valence-corrected chi connectivity index (χ3v) is 11.5. The first kappa shape index (κ1) is 33.6. The number of nitrogens with two attached hydrogens (primary N) is 1. The van der Waals surface area contributed by atoms with Gasteiger partial charge < -0.3 is 25.6 Å². The number of nitrogens with zero attached hydrogens (tertiary/aromatic N) is 2. The van der Waals surface area contributed by atoms with Gasteiger partial charge in [-0.15, -0.1) is 11.3 Å². The van der Waals surface area contributed by atoms with E-state index in [1.165, 1.54) is 51.4 Å². The molecule has 0 radical (unpaired) electrons. The second-order valence-corrected chi connectivity index (χ2v) is 14.7. The van der Waals surface area contributed by atoms with E-state index in [1.54, 1.807) is 27.2 Å². The number of thiophene rings is 1. The first-order chi connectivity index (χ1) is 23.0. The van der Waals surface area contributed by atoms with Crippen molar-refractivity contribution in [3.05, 3.63) is 64.4 Å². The number of piperazine rings is 1. The fourth-order valence-corrected chi connectivity index (χ4v) is 8.57. The van der Waals surface area contributed by atoms with Crippen molar-refractivity contribution < 1.29 is 19.1 Å². The maximum Gasteiger partial charge on any atom is 0.415 e. The molecule has 0 spiro atoms. The molecule has 9 heteroatoms. The van der Waals surface area contributed by atoms with Crippen LogP contribution >= 0.6 is 11.3 Å². The van der Waals surface area contributed by atoms with Gasteiger partial charge in [0.15, 0.2) is 5.78 Å². The Morgan fingerprint density at radius 3 is 2.36 bits per heavy atom. The normalized spacial score (nSPS) is 20.3. The van der Waals surface area contributed by atoms with Crippen LogP contribution in [0.15, 0.2) is 53.9 Å². The summed E-state index contributed by atoms with van der Waals surface area (Å²) in [5.41, 5.74) is 6.94.